The first kappa shape index (κ1) is 10.7. The summed E-state index contributed by atoms with van der Waals surface area (Å²) in [7, 11) is 0. The zero-order chi connectivity index (χ0) is 8.85. The summed E-state index contributed by atoms with van der Waals surface area (Å²) in [6, 6.07) is 6.25. The van der Waals surface area contributed by atoms with Crippen LogP contribution in [0.4, 0.5) is 0 Å². The van der Waals surface area contributed by atoms with Gasteiger partial charge in [-0.15, -0.1) is 0 Å². The molecule has 0 radical (unpaired) electrons. The molecule has 1 aromatic rings. The van der Waals surface area contributed by atoms with Gasteiger partial charge in [-0.25, -0.2) is 0 Å². The number of benzene rings is 1. The molecule has 0 aliphatic carbocycles. The van der Waals surface area contributed by atoms with E-state index in [1.165, 1.54) is 15.6 Å². The largest absolute Gasteiger partial charge is 0.0683 e. The fourth-order valence-corrected chi connectivity index (χ4v) is 1.06. The van der Waals surface area contributed by atoms with Gasteiger partial charge in [0.2, 0.25) is 0 Å². The predicted octanol–water partition coefficient (Wildman–Crippen LogP) is 4.09. The van der Waals surface area contributed by atoms with Crippen LogP contribution in [0.1, 0.15) is 25.0 Å². The van der Waals surface area contributed by atoms with Crippen molar-refractivity contribution in [2.45, 2.75) is 27.7 Å². The smallest absolute Gasteiger partial charge is 0.0233 e. The second-order valence-corrected chi connectivity index (χ2v) is 3.00. The van der Waals surface area contributed by atoms with Crippen molar-refractivity contribution >= 4 is 15.9 Å². The molecule has 0 aliphatic rings. The molecule has 62 valence electrons. The Morgan fingerprint density at radius 2 is 1.36 bits per heavy atom. The molecule has 1 rings (SSSR count). The summed E-state index contributed by atoms with van der Waals surface area (Å²) >= 11 is 3.48. The fourth-order valence-electron chi connectivity index (χ4n) is 0.794. The van der Waals surface area contributed by atoms with Crippen LogP contribution in [0, 0.1) is 13.8 Å². The van der Waals surface area contributed by atoms with Gasteiger partial charge < -0.3 is 0 Å². The molecule has 0 amide bonds. The number of aryl methyl sites for hydroxylation is 2. The van der Waals surface area contributed by atoms with Crippen molar-refractivity contribution in [2.24, 2.45) is 0 Å². The molecule has 0 saturated heterocycles. The topological polar surface area (TPSA) is 0 Å². The van der Waals surface area contributed by atoms with Crippen molar-refractivity contribution in [2.75, 3.05) is 0 Å². The van der Waals surface area contributed by atoms with Gasteiger partial charge in [0.15, 0.2) is 0 Å². The summed E-state index contributed by atoms with van der Waals surface area (Å²) in [6.45, 7) is 8.19. The third-order valence-corrected chi connectivity index (χ3v) is 2.64. The first-order chi connectivity index (χ1) is 5.22. The van der Waals surface area contributed by atoms with Gasteiger partial charge >= 0.3 is 0 Å². The highest BCUT2D eigenvalue weighted by molar-refractivity contribution is 9.10. The van der Waals surface area contributed by atoms with Crippen molar-refractivity contribution in [1.82, 2.24) is 0 Å². The molecule has 0 atom stereocenters. The first-order valence-electron chi connectivity index (χ1n) is 3.93. The van der Waals surface area contributed by atoms with Gasteiger partial charge in [0.05, 0.1) is 0 Å². The lowest BCUT2D eigenvalue weighted by Crippen LogP contribution is -1.77. The molecule has 0 heterocycles. The molecule has 1 heteroatoms. The van der Waals surface area contributed by atoms with E-state index in [4.69, 9.17) is 0 Å². The molecular weight excluding hydrogens is 200 g/mol. The molecular formula is C10H15Br. The van der Waals surface area contributed by atoms with Crippen LogP contribution in [-0.4, -0.2) is 0 Å². The Kier molecular flexibility index (Phi) is 5.22. The van der Waals surface area contributed by atoms with Crippen molar-refractivity contribution in [1.29, 1.82) is 0 Å². The third-order valence-electron chi connectivity index (χ3n) is 1.38. The molecule has 0 aliphatic heterocycles. The third kappa shape index (κ3) is 3.06. The highest BCUT2D eigenvalue weighted by Crippen LogP contribution is 2.19. The van der Waals surface area contributed by atoms with Crippen LogP contribution in [0.2, 0.25) is 0 Å². The maximum Gasteiger partial charge on any atom is 0.0233 e. The molecule has 11 heavy (non-hydrogen) atoms. The van der Waals surface area contributed by atoms with Gasteiger partial charge in [0.25, 0.3) is 0 Å². The number of halogens is 1. The van der Waals surface area contributed by atoms with E-state index in [1.807, 2.05) is 13.8 Å². The maximum atomic E-state index is 3.48. The average Bonchev–Trinajstić information content (AvgIpc) is 2.04. The molecule has 0 nitrogen and oxygen atoms in total. The fraction of sp³-hybridized carbons (Fsp3) is 0.400. The lowest BCUT2D eigenvalue weighted by Gasteiger charge is -1.98. The minimum atomic E-state index is 1.23. The van der Waals surface area contributed by atoms with E-state index in [9.17, 15) is 0 Å². The Morgan fingerprint density at radius 3 is 1.64 bits per heavy atom. The summed E-state index contributed by atoms with van der Waals surface area (Å²) in [5, 5.41) is 0. The van der Waals surface area contributed by atoms with Crippen LogP contribution in [0.3, 0.4) is 0 Å². The monoisotopic (exact) mass is 214 g/mol. The Bertz CT molecular complexity index is 196. The van der Waals surface area contributed by atoms with Crippen LogP contribution in [0.15, 0.2) is 22.7 Å². The lowest BCUT2D eigenvalue weighted by molar-refractivity contribution is 1.34. The van der Waals surface area contributed by atoms with Crippen LogP contribution in [0.5, 0.6) is 0 Å². The van der Waals surface area contributed by atoms with Gasteiger partial charge in [-0.2, -0.15) is 0 Å². The average molecular weight is 215 g/mol. The number of hydrogen-bond donors (Lipinski definition) is 0. The van der Waals surface area contributed by atoms with Crippen molar-refractivity contribution < 1.29 is 0 Å². The van der Waals surface area contributed by atoms with E-state index in [0.29, 0.717) is 0 Å². The molecule has 0 unspecified atom stereocenters. The molecule has 0 saturated carbocycles. The molecule has 0 spiro atoms. The highest BCUT2D eigenvalue weighted by atomic mass is 79.9. The summed E-state index contributed by atoms with van der Waals surface area (Å²) in [5.74, 6) is 0. The van der Waals surface area contributed by atoms with Crippen LogP contribution < -0.4 is 0 Å². The number of hydrogen-bond acceptors (Lipinski definition) is 0. The second kappa shape index (κ2) is 5.36. The number of rotatable bonds is 0. The summed E-state index contributed by atoms with van der Waals surface area (Å²) in [5.41, 5.74) is 2.60. The Morgan fingerprint density at radius 1 is 1.00 bits per heavy atom. The summed E-state index contributed by atoms with van der Waals surface area (Å²) in [4.78, 5) is 0. The molecule has 0 N–H and O–H groups in total. The van der Waals surface area contributed by atoms with Crippen LogP contribution in [-0.2, 0) is 0 Å². The summed E-state index contributed by atoms with van der Waals surface area (Å²) in [6.07, 6.45) is 0. The van der Waals surface area contributed by atoms with Crippen molar-refractivity contribution in [3.63, 3.8) is 0 Å². The van der Waals surface area contributed by atoms with Gasteiger partial charge in [-0.05, 0) is 25.0 Å². The Labute approximate surface area is 77.8 Å². The quantitative estimate of drug-likeness (QED) is 0.611. The van der Waals surface area contributed by atoms with Crippen LogP contribution >= 0.6 is 15.9 Å². The normalized spacial score (nSPS) is 8.45. The second-order valence-electron chi connectivity index (χ2n) is 2.21. The highest BCUT2D eigenvalue weighted by Gasteiger charge is 1.93. The predicted molar refractivity (Wildman–Crippen MR) is 55.0 cm³/mol. The minimum Gasteiger partial charge on any atom is -0.0683 e. The zero-order valence-electron chi connectivity index (χ0n) is 7.61. The van der Waals surface area contributed by atoms with E-state index < -0.39 is 0 Å². The van der Waals surface area contributed by atoms with E-state index in [0.717, 1.165) is 0 Å². The van der Waals surface area contributed by atoms with Gasteiger partial charge in [-0.1, -0.05) is 48.0 Å². The van der Waals surface area contributed by atoms with Gasteiger partial charge in [0.1, 0.15) is 0 Å². The van der Waals surface area contributed by atoms with E-state index in [-0.39, 0.29) is 0 Å². The molecule has 0 aromatic heterocycles. The maximum absolute atomic E-state index is 3.48. The lowest BCUT2D eigenvalue weighted by atomic mass is 10.2. The molecule has 0 bridgehead atoms. The van der Waals surface area contributed by atoms with Crippen molar-refractivity contribution in [3.8, 4) is 0 Å². The SMILES string of the molecule is CC.Cc1cccc(C)c1Br. The van der Waals surface area contributed by atoms with E-state index >= 15 is 0 Å². The van der Waals surface area contributed by atoms with E-state index in [1.54, 1.807) is 0 Å². The molecule has 1 aromatic carbocycles. The molecule has 0 fully saturated rings. The first-order valence-corrected chi connectivity index (χ1v) is 4.73. The zero-order valence-corrected chi connectivity index (χ0v) is 9.20. The standard InChI is InChI=1S/C8H9Br.C2H6/c1-6-4-3-5-7(2)8(6)9;1-2/h3-5H,1-2H3;1-2H3. The summed E-state index contributed by atoms with van der Waals surface area (Å²) < 4.78 is 1.23. The van der Waals surface area contributed by atoms with Crippen molar-refractivity contribution in [3.05, 3.63) is 33.8 Å². The van der Waals surface area contributed by atoms with Gasteiger partial charge in [-0.3, -0.25) is 0 Å². The van der Waals surface area contributed by atoms with Crippen LogP contribution in [0.25, 0.3) is 0 Å². The Hall–Kier alpha value is -0.300. The minimum absolute atomic E-state index is 1.23. The van der Waals surface area contributed by atoms with Gasteiger partial charge in [0, 0.05) is 4.47 Å². The van der Waals surface area contributed by atoms with E-state index in [2.05, 4.69) is 48.0 Å². The Balaban J connectivity index is 0.000000461.